The number of phenolic OH excluding ortho intramolecular Hbond substituents is 2. The number of rotatable bonds is 4. The van der Waals surface area contributed by atoms with Gasteiger partial charge in [-0.2, -0.15) is 0 Å². The Bertz CT molecular complexity index is 699. The maximum atomic E-state index is 11.8. The molecule has 2 rings (SSSR count). The smallest absolute Gasteiger partial charge is 0.335 e. The zero-order valence-electron chi connectivity index (χ0n) is 12.9. The van der Waals surface area contributed by atoms with Gasteiger partial charge in [-0.3, -0.25) is 0 Å². The third-order valence-corrected chi connectivity index (χ3v) is 3.94. The van der Waals surface area contributed by atoms with E-state index in [0.29, 0.717) is 5.56 Å². The number of aliphatic hydroxyl groups excluding tert-OH is 2. The molecule has 0 bridgehead atoms. The van der Waals surface area contributed by atoms with Crippen molar-refractivity contribution in [3.8, 4) is 11.5 Å². The van der Waals surface area contributed by atoms with Crippen LogP contribution in [0.2, 0.25) is 0 Å². The number of aliphatic hydroxyl groups is 3. The Morgan fingerprint density at radius 1 is 1.16 bits per heavy atom. The zero-order chi connectivity index (χ0) is 18.8. The number of hydrogen-bond acceptors (Lipinski definition) is 8. The van der Waals surface area contributed by atoms with Crippen LogP contribution in [-0.4, -0.2) is 66.5 Å². The van der Waals surface area contributed by atoms with E-state index in [9.17, 15) is 35.1 Å². The molecule has 6 N–H and O–H groups in total. The van der Waals surface area contributed by atoms with Crippen molar-refractivity contribution in [2.45, 2.75) is 36.8 Å². The monoisotopic (exact) mass is 354 g/mol. The lowest BCUT2D eigenvalue weighted by Crippen LogP contribution is -2.57. The summed E-state index contributed by atoms with van der Waals surface area (Å²) in [4.78, 5) is 22.9. The van der Waals surface area contributed by atoms with Crippen molar-refractivity contribution < 1.29 is 45.0 Å². The van der Waals surface area contributed by atoms with Crippen molar-refractivity contribution in [1.82, 2.24) is 0 Å². The summed E-state index contributed by atoms with van der Waals surface area (Å²) in [6.45, 7) is 0. The first-order valence-electron chi connectivity index (χ1n) is 7.35. The number of carboxylic acids is 1. The number of phenols is 2. The van der Waals surface area contributed by atoms with E-state index in [2.05, 4.69) is 0 Å². The van der Waals surface area contributed by atoms with Crippen molar-refractivity contribution >= 4 is 18.0 Å². The van der Waals surface area contributed by atoms with Crippen molar-refractivity contribution in [2.75, 3.05) is 0 Å². The lowest BCUT2D eigenvalue weighted by molar-refractivity contribution is -0.196. The van der Waals surface area contributed by atoms with E-state index in [-0.39, 0.29) is 11.5 Å². The number of carbonyl (C=O) groups excluding carboxylic acids is 1. The van der Waals surface area contributed by atoms with Gasteiger partial charge in [0.2, 0.25) is 0 Å². The first kappa shape index (κ1) is 18.7. The van der Waals surface area contributed by atoms with Gasteiger partial charge >= 0.3 is 11.9 Å². The average molecular weight is 354 g/mol. The van der Waals surface area contributed by atoms with E-state index in [1.807, 2.05) is 0 Å². The quantitative estimate of drug-likeness (QED) is 0.234. The second-order valence-electron chi connectivity index (χ2n) is 5.86. The normalized spacial score (nSPS) is 29.5. The predicted octanol–water partition coefficient (Wildman–Crippen LogP) is -0.646. The summed E-state index contributed by atoms with van der Waals surface area (Å²) < 4.78 is 4.92. The highest BCUT2D eigenvalue weighted by atomic mass is 16.6. The first-order valence-corrected chi connectivity index (χ1v) is 7.35. The molecule has 0 amide bonds. The average Bonchev–Trinajstić information content (AvgIpc) is 2.53. The molecule has 1 aromatic carbocycles. The van der Waals surface area contributed by atoms with Crippen LogP contribution < -0.4 is 0 Å². The van der Waals surface area contributed by atoms with Crippen LogP contribution in [0.25, 0.3) is 6.08 Å². The standard InChI is InChI=1S/C16H18O9/c17-9-3-1-8(5-10(9)18)2-4-13(20)25-12-7-16(24,15(22)23)6-11(19)14(12)21/h1-5,11-12,14,17-19,21,24H,6-7H2,(H,22,23)/b4-2-/t11-,12-,14+,16-/m1/s1. The molecule has 1 aliphatic rings. The molecule has 136 valence electrons. The topological polar surface area (TPSA) is 165 Å². The Morgan fingerprint density at radius 2 is 1.84 bits per heavy atom. The Morgan fingerprint density at radius 3 is 2.44 bits per heavy atom. The summed E-state index contributed by atoms with van der Waals surface area (Å²) in [5.41, 5.74) is -1.94. The fourth-order valence-corrected chi connectivity index (χ4v) is 2.53. The molecule has 0 aromatic heterocycles. The predicted molar refractivity (Wildman–Crippen MR) is 82.5 cm³/mol. The minimum Gasteiger partial charge on any atom is -0.504 e. The van der Waals surface area contributed by atoms with Gasteiger partial charge in [0.1, 0.15) is 12.2 Å². The molecule has 0 saturated heterocycles. The molecule has 1 aliphatic carbocycles. The van der Waals surface area contributed by atoms with Crippen molar-refractivity contribution in [1.29, 1.82) is 0 Å². The van der Waals surface area contributed by atoms with Crippen LogP contribution in [0.3, 0.4) is 0 Å². The highest BCUT2D eigenvalue weighted by molar-refractivity contribution is 5.87. The SMILES string of the molecule is O=C(/C=C\c1ccc(O)c(O)c1)O[C@@H]1C[C@@](O)(C(=O)O)C[C@@H](O)[C@@H]1O. The van der Waals surface area contributed by atoms with E-state index in [1.54, 1.807) is 0 Å². The van der Waals surface area contributed by atoms with E-state index in [4.69, 9.17) is 9.84 Å². The number of esters is 1. The number of aromatic hydroxyl groups is 2. The second kappa shape index (κ2) is 7.09. The first-order chi connectivity index (χ1) is 11.6. The van der Waals surface area contributed by atoms with E-state index in [0.717, 1.165) is 6.08 Å². The molecule has 1 saturated carbocycles. The molecule has 0 heterocycles. The molecular weight excluding hydrogens is 336 g/mol. The van der Waals surface area contributed by atoms with Crippen LogP contribution in [-0.2, 0) is 14.3 Å². The van der Waals surface area contributed by atoms with E-state index >= 15 is 0 Å². The molecule has 25 heavy (non-hydrogen) atoms. The van der Waals surface area contributed by atoms with Crippen LogP contribution in [0.15, 0.2) is 24.3 Å². The minimum atomic E-state index is -2.31. The third-order valence-electron chi connectivity index (χ3n) is 3.94. The molecule has 1 aromatic rings. The molecule has 9 heteroatoms. The van der Waals surface area contributed by atoms with Gasteiger partial charge in [-0.1, -0.05) is 6.07 Å². The van der Waals surface area contributed by atoms with Gasteiger partial charge in [0, 0.05) is 18.9 Å². The highest BCUT2D eigenvalue weighted by Gasteiger charge is 2.50. The number of carboxylic acid groups (broad SMARTS) is 1. The largest absolute Gasteiger partial charge is 0.504 e. The van der Waals surface area contributed by atoms with E-state index < -0.39 is 48.7 Å². The molecule has 4 atom stereocenters. The van der Waals surface area contributed by atoms with Crippen LogP contribution in [0, 0.1) is 0 Å². The molecule has 0 aliphatic heterocycles. The Hall–Kier alpha value is -2.62. The van der Waals surface area contributed by atoms with Crippen LogP contribution in [0.1, 0.15) is 18.4 Å². The molecule has 0 unspecified atom stereocenters. The summed E-state index contributed by atoms with van der Waals surface area (Å²) in [5, 5.41) is 57.0. The second-order valence-corrected chi connectivity index (χ2v) is 5.86. The lowest BCUT2D eigenvalue weighted by atomic mass is 9.79. The fraction of sp³-hybridized carbons (Fsp3) is 0.375. The Labute approximate surface area is 142 Å². The van der Waals surface area contributed by atoms with Gasteiger partial charge in [0.15, 0.2) is 17.1 Å². The van der Waals surface area contributed by atoms with Crippen LogP contribution in [0.5, 0.6) is 11.5 Å². The summed E-state index contributed by atoms with van der Waals surface area (Å²) >= 11 is 0. The maximum Gasteiger partial charge on any atom is 0.335 e. The summed E-state index contributed by atoms with van der Waals surface area (Å²) in [7, 11) is 0. The summed E-state index contributed by atoms with van der Waals surface area (Å²) in [6.07, 6.45) is -3.44. The van der Waals surface area contributed by atoms with Gasteiger partial charge in [0.25, 0.3) is 0 Å². The fourth-order valence-electron chi connectivity index (χ4n) is 2.53. The molecule has 0 spiro atoms. The number of aliphatic carboxylic acids is 1. The molecular formula is C16H18O9. The minimum absolute atomic E-state index is 0.327. The maximum absolute atomic E-state index is 11.8. The van der Waals surface area contributed by atoms with Crippen molar-refractivity contribution in [3.63, 3.8) is 0 Å². The summed E-state index contributed by atoms with van der Waals surface area (Å²) in [5.74, 6) is -3.24. The molecule has 1 fully saturated rings. The number of carbonyl (C=O) groups is 2. The Balaban J connectivity index is 2.06. The number of benzene rings is 1. The van der Waals surface area contributed by atoms with Gasteiger partial charge in [-0.25, -0.2) is 9.59 Å². The molecule has 9 nitrogen and oxygen atoms in total. The van der Waals surface area contributed by atoms with E-state index in [1.165, 1.54) is 24.3 Å². The number of hydrogen-bond donors (Lipinski definition) is 6. The van der Waals surface area contributed by atoms with Crippen molar-refractivity contribution in [2.24, 2.45) is 0 Å². The third kappa shape index (κ3) is 4.27. The summed E-state index contributed by atoms with van der Waals surface area (Å²) in [6, 6.07) is 3.83. The van der Waals surface area contributed by atoms with Gasteiger partial charge in [-0.05, 0) is 23.8 Å². The lowest BCUT2D eigenvalue weighted by Gasteiger charge is -2.39. The molecule has 0 radical (unpaired) electrons. The van der Waals surface area contributed by atoms with Crippen LogP contribution in [0.4, 0.5) is 0 Å². The van der Waals surface area contributed by atoms with Crippen LogP contribution >= 0.6 is 0 Å². The van der Waals surface area contributed by atoms with Crippen molar-refractivity contribution in [3.05, 3.63) is 29.8 Å². The Kier molecular flexibility index (Phi) is 5.31. The highest BCUT2D eigenvalue weighted by Crippen LogP contribution is 2.31. The van der Waals surface area contributed by atoms with Gasteiger partial charge < -0.3 is 35.4 Å². The number of ether oxygens (including phenoxy) is 1. The van der Waals surface area contributed by atoms with Gasteiger partial charge in [0.05, 0.1) is 6.10 Å². The van der Waals surface area contributed by atoms with Gasteiger partial charge in [-0.15, -0.1) is 0 Å². The zero-order valence-corrected chi connectivity index (χ0v) is 12.9.